The maximum atomic E-state index is 12.2. The van der Waals surface area contributed by atoms with Gasteiger partial charge in [-0.3, -0.25) is 4.79 Å². The van der Waals surface area contributed by atoms with Gasteiger partial charge < -0.3 is 14.6 Å². The fourth-order valence-corrected chi connectivity index (χ4v) is 5.82. The summed E-state index contributed by atoms with van der Waals surface area (Å²) in [6, 6.07) is 0. The standard InChI is InChI=1S/C47H82O4/c1-3-5-7-9-11-13-15-17-19-21-22-23-24-25-27-29-31-33-35-37-39-41-43-50-45-46(44-48)51-47(49)42-40-38-36-34-32-30-28-26-20-18-16-14-12-10-8-6-4-2/h6,8,12,14-15,17-18,20-22,28,30,46,48H,3-5,7,9-11,13,16,19,23-27,29,31-45H2,1-2H3/b8-6-,14-12-,17-15-,20-18-,22-21-,30-28-. The lowest BCUT2D eigenvalue weighted by molar-refractivity contribution is -0.154. The van der Waals surface area contributed by atoms with E-state index in [1.165, 1.54) is 103 Å². The van der Waals surface area contributed by atoms with Gasteiger partial charge in [-0.2, -0.15) is 0 Å². The Hall–Kier alpha value is -2.17. The number of carbonyl (C=O) groups is 1. The van der Waals surface area contributed by atoms with Crippen LogP contribution in [0.1, 0.15) is 194 Å². The first-order chi connectivity index (χ1) is 25.2. The van der Waals surface area contributed by atoms with Crippen LogP contribution in [0, 0.1) is 0 Å². The predicted octanol–water partition coefficient (Wildman–Crippen LogP) is 14.2. The highest BCUT2D eigenvalue weighted by Gasteiger charge is 2.13. The van der Waals surface area contributed by atoms with Crippen molar-refractivity contribution in [2.45, 2.75) is 200 Å². The van der Waals surface area contributed by atoms with Crippen molar-refractivity contribution in [3.05, 3.63) is 72.9 Å². The molecule has 294 valence electrons. The minimum atomic E-state index is -0.552. The average Bonchev–Trinajstić information content (AvgIpc) is 3.14. The smallest absolute Gasteiger partial charge is 0.306 e. The molecule has 1 atom stereocenters. The molecule has 0 aromatic carbocycles. The zero-order chi connectivity index (χ0) is 37.0. The molecule has 0 amide bonds. The molecule has 0 saturated heterocycles. The molecule has 1 unspecified atom stereocenters. The lowest BCUT2D eigenvalue weighted by atomic mass is 10.1. The molecule has 0 aromatic rings. The van der Waals surface area contributed by atoms with Crippen LogP contribution >= 0.6 is 0 Å². The zero-order valence-electron chi connectivity index (χ0n) is 33.6. The summed E-state index contributed by atoms with van der Waals surface area (Å²) >= 11 is 0. The van der Waals surface area contributed by atoms with Crippen LogP contribution in [0.3, 0.4) is 0 Å². The van der Waals surface area contributed by atoms with Gasteiger partial charge in [-0.25, -0.2) is 0 Å². The fraction of sp³-hybridized carbons (Fsp3) is 0.723. The summed E-state index contributed by atoms with van der Waals surface area (Å²) < 4.78 is 11.1. The number of hydrogen-bond donors (Lipinski definition) is 1. The Bertz CT molecular complexity index is 881. The summed E-state index contributed by atoms with van der Waals surface area (Å²) in [4.78, 5) is 12.2. The predicted molar refractivity (Wildman–Crippen MR) is 223 cm³/mol. The van der Waals surface area contributed by atoms with Gasteiger partial charge in [0.15, 0.2) is 0 Å². The second-order valence-corrected chi connectivity index (χ2v) is 14.0. The maximum Gasteiger partial charge on any atom is 0.306 e. The first-order valence-corrected chi connectivity index (χ1v) is 21.5. The number of esters is 1. The molecule has 0 fully saturated rings. The van der Waals surface area contributed by atoms with E-state index in [4.69, 9.17) is 9.47 Å². The highest BCUT2D eigenvalue weighted by atomic mass is 16.6. The van der Waals surface area contributed by atoms with E-state index in [0.29, 0.717) is 13.0 Å². The third-order valence-corrected chi connectivity index (χ3v) is 9.02. The van der Waals surface area contributed by atoms with E-state index in [-0.39, 0.29) is 19.2 Å². The molecule has 0 saturated carbocycles. The molecule has 0 aromatic heterocycles. The zero-order valence-corrected chi connectivity index (χ0v) is 33.6. The van der Waals surface area contributed by atoms with Crippen LogP contribution in [0.25, 0.3) is 0 Å². The van der Waals surface area contributed by atoms with Crippen LogP contribution in [0.15, 0.2) is 72.9 Å². The summed E-state index contributed by atoms with van der Waals surface area (Å²) in [6.07, 6.45) is 59.6. The van der Waals surface area contributed by atoms with E-state index < -0.39 is 6.10 Å². The largest absolute Gasteiger partial charge is 0.457 e. The van der Waals surface area contributed by atoms with E-state index in [9.17, 15) is 9.90 Å². The van der Waals surface area contributed by atoms with Crippen LogP contribution in [0.2, 0.25) is 0 Å². The molecule has 0 bridgehead atoms. The summed E-state index contributed by atoms with van der Waals surface area (Å²) in [5.74, 6) is -0.226. The van der Waals surface area contributed by atoms with Gasteiger partial charge >= 0.3 is 5.97 Å². The molecule has 0 aliphatic rings. The third kappa shape index (κ3) is 42.1. The van der Waals surface area contributed by atoms with Crippen LogP contribution in [-0.4, -0.2) is 37.0 Å². The fourth-order valence-electron chi connectivity index (χ4n) is 5.82. The second kappa shape index (κ2) is 44.0. The van der Waals surface area contributed by atoms with Crippen molar-refractivity contribution >= 4 is 5.97 Å². The molecule has 0 radical (unpaired) electrons. The Morgan fingerprint density at radius 1 is 0.490 bits per heavy atom. The van der Waals surface area contributed by atoms with Gasteiger partial charge in [0.05, 0.1) is 13.2 Å². The van der Waals surface area contributed by atoms with Crippen molar-refractivity contribution in [1.82, 2.24) is 0 Å². The van der Waals surface area contributed by atoms with E-state index in [1.54, 1.807) is 0 Å². The Balaban J connectivity index is 3.49. The van der Waals surface area contributed by atoms with Gasteiger partial charge in [0, 0.05) is 13.0 Å². The quantitative estimate of drug-likeness (QED) is 0.0392. The number of rotatable bonds is 39. The molecule has 0 aliphatic heterocycles. The van der Waals surface area contributed by atoms with Gasteiger partial charge in [0.1, 0.15) is 6.10 Å². The van der Waals surface area contributed by atoms with Gasteiger partial charge in [0.2, 0.25) is 0 Å². The van der Waals surface area contributed by atoms with Gasteiger partial charge in [-0.1, -0.05) is 177 Å². The normalized spacial score (nSPS) is 13.1. The Morgan fingerprint density at radius 3 is 1.33 bits per heavy atom. The topological polar surface area (TPSA) is 55.8 Å². The Labute approximate surface area is 317 Å². The summed E-state index contributed by atoms with van der Waals surface area (Å²) in [7, 11) is 0. The van der Waals surface area contributed by atoms with Crippen LogP contribution < -0.4 is 0 Å². The van der Waals surface area contributed by atoms with Crippen molar-refractivity contribution in [2.75, 3.05) is 19.8 Å². The number of aliphatic hydroxyl groups excluding tert-OH is 1. The van der Waals surface area contributed by atoms with Crippen molar-refractivity contribution in [2.24, 2.45) is 0 Å². The molecule has 4 nitrogen and oxygen atoms in total. The highest BCUT2D eigenvalue weighted by molar-refractivity contribution is 5.69. The van der Waals surface area contributed by atoms with Crippen molar-refractivity contribution in [3.8, 4) is 0 Å². The van der Waals surface area contributed by atoms with Crippen molar-refractivity contribution in [3.63, 3.8) is 0 Å². The minimum Gasteiger partial charge on any atom is -0.457 e. The molecule has 0 spiro atoms. The van der Waals surface area contributed by atoms with Crippen LogP contribution in [0.5, 0.6) is 0 Å². The SMILES string of the molecule is CC/C=C\C/C=C\C/C=C\C/C=C\CCCCCCC(=O)OC(CO)COCCCCCCCCCCCC/C=C\C/C=C\CCCCCCC. The minimum absolute atomic E-state index is 0.186. The molecule has 0 rings (SSSR count). The number of aliphatic hydroxyl groups is 1. The molecule has 0 heterocycles. The highest BCUT2D eigenvalue weighted by Crippen LogP contribution is 2.13. The summed E-state index contributed by atoms with van der Waals surface area (Å²) in [5, 5.41) is 9.60. The van der Waals surface area contributed by atoms with Gasteiger partial charge in [-0.05, 0) is 83.5 Å². The number of hydrogen-bond acceptors (Lipinski definition) is 4. The average molecular weight is 711 g/mol. The second-order valence-electron chi connectivity index (χ2n) is 14.0. The van der Waals surface area contributed by atoms with Crippen molar-refractivity contribution < 1.29 is 19.4 Å². The van der Waals surface area contributed by atoms with Crippen LogP contribution in [0.4, 0.5) is 0 Å². The molecular formula is C47H82O4. The molecule has 51 heavy (non-hydrogen) atoms. The number of carbonyl (C=O) groups excluding carboxylic acids is 1. The van der Waals surface area contributed by atoms with Crippen molar-refractivity contribution in [1.29, 1.82) is 0 Å². The molecule has 1 N–H and O–H groups in total. The number of allylic oxidation sites excluding steroid dienone is 12. The first kappa shape index (κ1) is 48.8. The van der Waals surface area contributed by atoms with E-state index >= 15 is 0 Å². The maximum absolute atomic E-state index is 12.2. The molecule has 0 aliphatic carbocycles. The third-order valence-electron chi connectivity index (χ3n) is 9.02. The van der Waals surface area contributed by atoms with Gasteiger partial charge in [-0.15, -0.1) is 0 Å². The lowest BCUT2D eigenvalue weighted by Crippen LogP contribution is -2.27. The van der Waals surface area contributed by atoms with Gasteiger partial charge in [0.25, 0.3) is 0 Å². The van der Waals surface area contributed by atoms with E-state index in [2.05, 4.69) is 86.8 Å². The Kier molecular flexibility index (Phi) is 42.1. The Morgan fingerprint density at radius 2 is 0.882 bits per heavy atom. The van der Waals surface area contributed by atoms with Crippen LogP contribution in [-0.2, 0) is 14.3 Å². The van der Waals surface area contributed by atoms with E-state index in [1.807, 2.05) is 0 Å². The van der Waals surface area contributed by atoms with E-state index in [0.717, 1.165) is 70.6 Å². The number of ether oxygens (including phenoxy) is 2. The summed E-state index contributed by atoms with van der Waals surface area (Å²) in [5.41, 5.74) is 0. The summed E-state index contributed by atoms with van der Waals surface area (Å²) in [6.45, 7) is 5.19. The molecular weight excluding hydrogens is 629 g/mol. The monoisotopic (exact) mass is 711 g/mol. The first-order valence-electron chi connectivity index (χ1n) is 21.5. The molecule has 4 heteroatoms. The lowest BCUT2D eigenvalue weighted by Gasteiger charge is -2.15. The number of unbranched alkanes of at least 4 members (excludes halogenated alkanes) is 19.